The molecule has 0 saturated carbocycles. The molecule has 0 amide bonds. The van der Waals surface area contributed by atoms with Gasteiger partial charge in [-0.1, -0.05) is 37.4 Å². The largest absolute Gasteiger partial charge is 0.457 e. The van der Waals surface area contributed by atoms with E-state index in [2.05, 4.69) is 13.2 Å². The second-order valence-corrected chi connectivity index (χ2v) is 11.6. The van der Waals surface area contributed by atoms with Crippen molar-refractivity contribution in [3.05, 3.63) is 144 Å². The highest BCUT2D eigenvalue weighted by atomic mass is 19.4. The third kappa shape index (κ3) is 9.90. The molecule has 0 bridgehead atoms. The lowest BCUT2D eigenvalue weighted by Crippen LogP contribution is -2.54. The van der Waals surface area contributed by atoms with Crippen molar-refractivity contribution in [1.82, 2.24) is 0 Å². The molecular formula is C39H30F6O10. The van der Waals surface area contributed by atoms with Crippen molar-refractivity contribution in [2.75, 3.05) is 13.6 Å². The van der Waals surface area contributed by atoms with Gasteiger partial charge in [-0.2, -0.15) is 26.3 Å². The number of carbonyl (C=O) groups excluding carboxylic acids is 4. The van der Waals surface area contributed by atoms with Crippen molar-refractivity contribution >= 4 is 23.9 Å². The number of alkyl halides is 6. The molecule has 0 saturated heterocycles. The first kappa shape index (κ1) is 41.2. The quantitative estimate of drug-likeness (QED) is 0.0406. The Morgan fingerprint density at radius 3 is 1.05 bits per heavy atom. The lowest BCUT2D eigenvalue weighted by Gasteiger charge is -2.38. The van der Waals surface area contributed by atoms with Gasteiger partial charge in [-0.15, -0.1) is 0 Å². The highest BCUT2D eigenvalue weighted by molar-refractivity contribution is 5.92. The fraction of sp³-hybridized carbons (Fsp3) is 0.179. The van der Waals surface area contributed by atoms with E-state index in [1.807, 2.05) is 0 Å². The van der Waals surface area contributed by atoms with Crippen molar-refractivity contribution in [3.8, 4) is 23.0 Å². The van der Waals surface area contributed by atoms with E-state index in [-0.39, 0.29) is 45.3 Å². The predicted molar refractivity (Wildman–Crippen MR) is 181 cm³/mol. The topological polar surface area (TPSA) is 124 Å². The number of rotatable bonds is 14. The highest BCUT2D eigenvalue weighted by Gasteiger charge is 2.72. The molecule has 0 atom stereocenters. The van der Waals surface area contributed by atoms with E-state index in [1.165, 1.54) is 62.4 Å². The molecule has 0 heterocycles. The first-order valence-corrected chi connectivity index (χ1v) is 15.7. The second kappa shape index (κ2) is 17.0. The number of esters is 4. The van der Waals surface area contributed by atoms with Crippen LogP contribution in [0.5, 0.6) is 23.0 Å². The summed E-state index contributed by atoms with van der Waals surface area (Å²) in [5, 5.41) is 0. The SMILES string of the molecule is C=C(C)C(=O)OCOc1ccc(C(=O)Oc2ccc(C(c3ccc(OC(=O)c4ccc(OCOC(=O)C(=C)C)cc4)cc3)(C(F)(F)F)C(F)(F)F)cc2)cc1. The second-order valence-electron chi connectivity index (χ2n) is 11.6. The van der Waals surface area contributed by atoms with Crippen LogP contribution in [0.15, 0.2) is 121 Å². The minimum atomic E-state index is -5.93. The molecular weight excluding hydrogens is 742 g/mol. The predicted octanol–water partition coefficient (Wildman–Crippen LogP) is 8.45. The maximum Gasteiger partial charge on any atom is 0.411 e. The van der Waals surface area contributed by atoms with E-state index in [0.717, 1.165) is 24.3 Å². The van der Waals surface area contributed by atoms with Gasteiger partial charge in [0, 0.05) is 11.1 Å². The van der Waals surface area contributed by atoms with E-state index in [0.29, 0.717) is 24.3 Å². The van der Waals surface area contributed by atoms with E-state index in [4.69, 9.17) is 28.4 Å². The van der Waals surface area contributed by atoms with Crippen molar-refractivity contribution in [1.29, 1.82) is 0 Å². The molecule has 0 spiro atoms. The van der Waals surface area contributed by atoms with E-state index in [1.54, 1.807) is 0 Å². The van der Waals surface area contributed by atoms with Crippen LogP contribution in [0.2, 0.25) is 0 Å². The summed E-state index contributed by atoms with van der Waals surface area (Å²) in [5.74, 6) is -3.63. The fourth-order valence-corrected chi connectivity index (χ4v) is 4.78. The number of halogens is 6. The van der Waals surface area contributed by atoms with Gasteiger partial charge in [0.05, 0.1) is 11.1 Å². The molecule has 288 valence electrons. The van der Waals surface area contributed by atoms with E-state index in [9.17, 15) is 45.5 Å². The Labute approximate surface area is 309 Å². The van der Waals surface area contributed by atoms with Crippen LogP contribution in [0.25, 0.3) is 0 Å². The maximum absolute atomic E-state index is 14.7. The van der Waals surface area contributed by atoms with Crippen molar-refractivity contribution in [2.24, 2.45) is 0 Å². The zero-order valence-electron chi connectivity index (χ0n) is 28.9. The van der Waals surface area contributed by atoms with Gasteiger partial charge in [0.1, 0.15) is 23.0 Å². The molecule has 0 aliphatic carbocycles. The molecule has 4 aromatic carbocycles. The van der Waals surface area contributed by atoms with Crippen LogP contribution in [0.4, 0.5) is 26.3 Å². The van der Waals surface area contributed by atoms with Crippen molar-refractivity contribution in [2.45, 2.75) is 31.6 Å². The normalized spacial score (nSPS) is 11.5. The maximum atomic E-state index is 14.7. The smallest absolute Gasteiger partial charge is 0.411 e. The molecule has 0 aromatic heterocycles. The third-order valence-electron chi connectivity index (χ3n) is 7.55. The minimum Gasteiger partial charge on any atom is -0.457 e. The average molecular weight is 773 g/mol. The Bertz CT molecular complexity index is 1890. The Hall–Kier alpha value is -6.58. The molecule has 10 nitrogen and oxygen atoms in total. The molecule has 16 heteroatoms. The third-order valence-corrected chi connectivity index (χ3v) is 7.55. The summed E-state index contributed by atoms with van der Waals surface area (Å²) in [6.45, 7) is 8.85. The lowest BCUT2D eigenvalue weighted by molar-refractivity contribution is -0.288. The summed E-state index contributed by atoms with van der Waals surface area (Å²) < 4.78 is 119. The molecule has 0 aliphatic heterocycles. The summed E-state index contributed by atoms with van der Waals surface area (Å²) in [7, 11) is 0. The van der Waals surface area contributed by atoms with Gasteiger partial charge in [-0.3, -0.25) is 0 Å². The average Bonchev–Trinajstić information content (AvgIpc) is 3.12. The Kier molecular flexibility index (Phi) is 12.8. The number of hydrogen-bond donors (Lipinski definition) is 0. The van der Waals surface area contributed by atoms with Gasteiger partial charge in [-0.05, 0) is 97.8 Å². The molecule has 0 aliphatic rings. The van der Waals surface area contributed by atoms with Crippen molar-refractivity contribution < 1.29 is 73.9 Å². The van der Waals surface area contributed by atoms with E-state index < -0.39 is 66.4 Å². The molecule has 0 fully saturated rings. The summed E-state index contributed by atoms with van der Waals surface area (Å²) in [6, 6.07) is 15.7. The number of carbonyl (C=O) groups is 4. The minimum absolute atomic E-state index is 0.0408. The fourth-order valence-electron chi connectivity index (χ4n) is 4.78. The van der Waals surface area contributed by atoms with Crippen LogP contribution < -0.4 is 18.9 Å². The monoisotopic (exact) mass is 772 g/mol. The first-order chi connectivity index (χ1) is 25.8. The molecule has 4 rings (SSSR count). The molecule has 4 aromatic rings. The van der Waals surface area contributed by atoms with Gasteiger partial charge < -0.3 is 28.4 Å². The van der Waals surface area contributed by atoms with Gasteiger partial charge in [0.25, 0.3) is 0 Å². The van der Waals surface area contributed by atoms with Crippen LogP contribution in [-0.4, -0.2) is 49.8 Å². The first-order valence-electron chi connectivity index (χ1n) is 15.7. The van der Waals surface area contributed by atoms with Crippen LogP contribution in [0.3, 0.4) is 0 Å². The van der Waals surface area contributed by atoms with Crippen molar-refractivity contribution in [3.63, 3.8) is 0 Å². The molecule has 0 unspecified atom stereocenters. The Balaban J connectivity index is 1.47. The number of hydrogen-bond acceptors (Lipinski definition) is 10. The van der Waals surface area contributed by atoms with Gasteiger partial charge in [0.15, 0.2) is 0 Å². The summed E-state index contributed by atoms with van der Waals surface area (Å²) in [5.41, 5.74) is -6.79. The lowest BCUT2D eigenvalue weighted by atomic mass is 9.73. The van der Waals surface area contributed by atoms with E-state index >= 15 is 0 Å². The summed E-state index contributed by atoms with van der Waals surface area (Å²) >= 11 is 0. The number of benzene rings is 4. The zero-order valence-corrected chi connectivity index (χ0v) is 28.9. The molecule has 0 radical (unpaired) electrons. The van der Waals surface area contributed by atoms with Crippen LogP contribution in [0, 0.1) is 0 Å². The molecule has 55 heavy (non-hydrogen) atoms. The van der Waals surface area contributed by atoms with Crippen LogP contribution in [-0.2, 0) is 24.5 Å². The highest BCUT2D eigenvalue weighted by Crippen LogP contribution is 2.56. The van der Waals surface area contributed by atoms with Gasteiger partial charge in [-0.25, -0.2) is 19.2 Å². The van der Waals surface area contributed by atoms with Gasteiger partial charge in [0.2, 0.25) is 19.0 Å². The van der Waals surface area contributed by atoms with Crippen LogP contribution >= 0.6 is 0 Å². The molecule has 0 N–H and O–H groups in total. The van der Waals surface area contributed by atoms with Crippen LogP contribution in [0.1, 0.15) is 45.7 Å². The summed E-state index contributed by atoms with van der Waals surface area (Å²) in [6.07, 6.45) is -11.9. The Morgan fingerprint density at radius 1 is 0.491 bits per heavy atom. The zero-order chi connectivity index (χ0) is 40.6. The standard InChI is InChI=1S/C39H30F6O10/c1-23(2)33(46)52-21-50-29-13-5-25(6-14-29)35(48)54-31-17-9-27(10-18-31)37(38(40,41)42,39(43,44)45)28-11-19-32(20-12-28)55-36(49)26-7-15-30(16-8-26)51-22-53-34(47)24(3)4/h5-20H,1,3,21-22H2,2,4H3. The number of ether oxygens (including phenoxy) is 6. The van der Waals surface area contributed by atoms with Gasteiger partial charge >= 0.3 is 36.2 Å². The Morgan fingerprint density at radius 2 is 0.782 bits per heavy atom. The summed E-state index contributed by atoms with van der Waals surface area (Å²) in [4.78, 5) is 48.2.